The zero-order chi connectivity index (χ0) is 14.3. The van der Waals surface area contributed by atoms with E-state index in [2.05, 4.69) is 15.2 Å². The maximum Gasteiger partial charge on any atom is 0.238 e. The molecule has 2 heterocycles. The van der Waals surface area contributed by atoms with E-state index in [9.17, 15) is 13.2 Å². The average Bonchev–Trinajstić information content (AvgIpc) is 2.76. The second-order valence-corrected chi connectivity index (χ2v) is 7.20. The topological polar surface area (TPSA) is 101 Å². The van der Waals surface area contributed by atoms with Crippen LogP contribution in [0.2, 0.25) is 0 Å². The molecular formula is C11H17N3O4S. The van der Waals surface area contributed by atoms with Gasteiger partial charge < -0.3 is 9.84 Å². The molecule has 1 aromatic rings. The normalized spacial score (nSPS) is 22.5. The van der Waals surface area contributed by atoms with Crippen LogP contribution in [-0.2, 0) is 20.6 Å². The number of carbonyl (C=O) groups excluding carboxylic acids is 1. The van der Waals surface area contributed by atoms with Crippen LogP contribution >= 0.6 is 0 Å². The lowest BCUT2D eigenvalue weighted by Gasteiger charge is -2.24. The first-order valence-electron chi connectivity index (χ1n) is 5.89. The van der Waals surface area contributed by atoms with E-state index in [4.69, 9.17) is 4.52 Å². The van der Waals surface area contributed by atoms with Gasteiger partial charge in [0.2, 0.25) is 15.9 Å². The molecule has 1 aliphatic rings. The van der Waals surface area contributed by atoms with Gasteiger partial charge in [-0.05, 0) is 6.92 Å². The Morgan fingerprint density at radius 3 is 2.74 bits per heavy atom. The number of hydrogen-bond donors (Lipinski definition) is 2. The molecule has 7 nitrogen and oxygen atoms in total. The van der Waals surface area contributed by atoms with Crippen LogP contribution < -0.4 is 10.0 Å². The minimum atomic E-state index is -3.64. The van der Waals surface area contributed by atoms with Crippen LogP contribution in [0.5, 0.6) is 0 Å². The molecular weight excluding hydrogens is 270 g/mol. The Kier molecular flexibility index (Phi) is 3.40. The van der Waals surface area contributed by atoms with Gasteiger partial charge in [0.15, 0.2) is 0 Å². The Balaban J connectivity index is 2.11. The summed E-state index contributed by atoms with van der Waals surface area (Å²) < 4.78 is 31.3. The summed E-state index contributed by atoms with van der Waals surface area (Å²) >= 11 is 0. The van der Waals surface area contributed by atoms with Crippen molar-refractivity contribution in [2.75, 3.05) is 6.54 Å². The molecule has 1 fully saturated rings. The maximum atomic E-state index is 12.0. The first-order valence-corrected chi connectivity index (χ1v) is 7.55. The van der Waals surface area contributed by atoms with Gasteiger partial charge in [-0.3, -0.25) is 4.79 Å². The van der Waals surface area contributed by atoms with Crippen LogP contribution in [0.4, 0.5) is 0 Å². The molecule has 2 N–H and O–H groups in total. The molecule has 0 bridgehead atoms. The lowest BCUT2D eigenvalue weighted by Crippen LogP contribution is -2.47. The Morgan fingerprint density at radius 2 is 2.26 bits per heavy atom. The van der Waals surface area contributed by atoms with Crippen LogP contribution in [0, 0.1) is 12.3 Å². The van der Waals surface area contributed by atoms with Crippen LogP contribution in [0.15, 0.2) is 10.6 Å². The van der Waals surface area contributed by atoms with Gasteiger partial charge in [-0.2, -0.15) is 0 Å². The summed E-state index contributed by atoms with van der Waals surface area (Å²) in [5.74, 6) is -0.0569. The number of amides is 1. The molecule has 0 spiro atoms. The third-order valence-corrected chi connectivity index (χ3v) is 4.34. The lowest BCUT2D eigenvalue weighted by molar-refractivity contribution is -0.121. The molecule has 8 heteroatoms. The van der Waals surface area contributed by atoms with Gasteiger partial charge in [0.25, 0.3) is 0 Å². The Hall–Kier alpha value is -1.41. The summed E-state index contributed by atoms with van der Waals surface area (Å²) in [5.41, 5.74) is -0.134. The molecule has 106 valence electrons. The largest absolute Gasteiger partial charge is 0.361 e. The quantitative estimate of drug-likeness (QED) is 0.807. The van der Waals surface area contributed by atoms with E-state index in [1.54, 1.807) is 13.0 Å². The van der Waals surface area contributed by atoms with Crippen molar-refractivity contribution in [3.8, 4) is 0 Å². The van der Waals surface area contributed by atoms with E-state index in [-0.39, 0.29) is 11.7 Å². The molecule has 1 aromatic heterocycles. The number of rotatable bonds is 4. The summed E-state index contributed by atoms with van der Waals surface area (Å²) in [6.45, 7) is 5.79. The lowest BCUT2D eigenvalue weighted by atomic mass is 9.88. The zero-order valence-electron chi connectivity index (χ0n) is 11.1. The van der Waals surface area contributed by atoms with Crippen LogP contribution in [0.3, 0.4) is 0 Å². The van der Waals surface area contributed by atoms with Crippen molar-refractivity contribution in [1.82, 2.24) is 15.2 Å². The van der Waals surface area contributed by atoms with Gasteiger partial charge in [-0.25, -0.2) is 13.1 Å². The van der Waals surface area contributed by atoms with Crippen LogP contribution in [-0.4, -0.2) is 32.1 Å². The average molecular weight is 287 g/mol. The van der Waals surface area contributed by atoms with E-state index in [1.807, 2.05) is 13.8 Å². The van der Waals surface area contributed by atoms with Crippen molar-refractivity contribution in [1.29, 1.82) is 0 Å². The number of aromatic nitrogens is 1. The highest BCUT2D eigenvalue weighted by Crippen LogP contribution is 2.25. The zero-order valence-corrected chi connectivity index (χ0v) is 11.9. The third-order valence-electron chi connectivity index (χ3n) is 3.07. The van der Waals surface area contributed by atoms with Crippen molar-refractivity contribution < 1.29 is 17.7 Å². The number of hydrogen-bond acceptors (Lipinski definition) is 5. The van der Waals surface area contributed by atoms with E-state index in [1.165, 1.54) is 0 Å². The van der Waals surface area contributed by atoms with Gasteiger partial charge in [0.05, 0.1) is 0 Å². The summed E-state index contributed by atoms with van der Waals surface area (Å²) in [7, 11) is -3.64. The molecule has 1 amide bonds. The predicted octanol–water partition coefficient (Wildman–Crippen LogP) is -0.0730. The van der Waals surface area contributed by atoms with E-state index in [0.29, 0.717) is 18.0 Å². The standard InChI is InChI=1S/C11H17N3O4S/c1-7-4-8(13-18-7)5-19(16,17)14-9-10(15)12-6-11(9,2)3/h4,9,14H,5-6H2,1-3H3,(H,12,15). The third kappa shape index (κ3) is 3.13. The fraction of sp³-hybridized carbons (Fsp3) is 0.636. The highest BCUT2D eigenvalue weighted by atomic mass is 32.2. The predicted molar refractivity (Wildman–Crippen MR) is 67.6 cm³/mol. The van der Waals surface area contributed by atoms with Crippen molar-refractivity contribution in [3.63, 3.8) is 0 Å². The molecule has 1 atom stereocenters. The molecule has 0 radical (unpaired) electrons. The number of carbonyl (C=O) groups is 1. The number of sulfonamides is 1. The molecule has 1 unspecified atom stereocenters. The van der Waals surface area contributed by atoms with Gasteiger partial charge in [-0.1, -0.05) is 19.0 Å². The minimum absolute atomic E-state index is 0.301. The number of nitrogens with zero attached hydrogens (tertiary/aromatic N) is 1. The molecule has 0 saturated carbocycles. The first-order chi connectivity index (χ1) is 8.70. The van der Waals surface area contributed by atoms with E-state index < -0.39 is 21.5 Å². The van der Waals surface area contributed by atoms with Gasteiger partial charge in [0, 0.05) is 18.0 Å². The smallest absolute Gasteiger partial charge is 0.238 e. The number of aryl methyl sites for hydroxylation is 1. The molecule has 2 rings (SSSR count). The highest BCUT2D eigenvalue weighted by Gasteiger charge is 2.43. The van der Waals surface area contributed by atoms with E-state index >= 15 is 0 Å². The minimum Gasteiger partial charge on any atom is -0.361 e. The van der Waals surface area contributed by atoms with Gasteiger partial charge in [0.1, 0.15) is 23.2 Å². The maximum absolute atomic E-state index is 12.0. The van der Waals surface area contributed by atoms with Crippen molar-refractivity contribution >= 4 is 15.9 Å². The number of nitrogens with one attached hydrogen (secondary N) is 2. The summed E-state index contributed by atoms with van der Waals surface area (Å²) in [6.07, 6.45) is 0. The summed E-state index contributed by atoms with van der Waals surface area (Å²) in [6, 6.07) is 0.796. The Labute approximate surface area is 111 Å². The van der Waals surface area contributed by atoms with Crippen molar-refractivity contribution in [3.05, 3.63) is 17.5 Å². The summed E-state index contributed by atoms with van der Waals surface area (Å²) in [5, 5.41) is 6.29. The summed E-state index contributed by atoms with van der Waals surface area (Å²) in [4.78, 5) is 11.7. The Morgan fingerprint density at radius 1 is 1.58 bits per heavy atom. The molecule has 0 aromatic carbocycles. The second kappa shape index (κ2) is 4.61. The molecule has 0 aliphatic carbocycles. The Bertz CT molecular complexity index is 591. The van der Waals surface area contributed by atoms with Crippen molar-refractivity contribution in [2.45, 2.75) is 32.6 Å². The van der Waals surface area contributed by atoms with Gasteiger partial charge in [-0.15, -0.1) is 0 Å². The van der Waals surface area contributed by atoms with E-state index in [0.717, 1.165) is 0 Å². The second-order valence-electron chi connectivity index (χ2n) is 5.45. The first kappa shape index (κ1) is 14.0. The monoisotopic (exact) mass is 287 g/mol. The fourth-order valence-corrected chi connectivity index (χ4v) is 3.38. The molecule has 1 aliphatic heterocycles. The highest BCUT2D eigenvalue weighted by molar-refractivity contribution is 7.88. The molecule has 19 heavy (non-hydrogen) atoms. The molecule has 1 saturated heterocycles. The SMILES string of the molecule is Cc1cc(CS(=O)(=O)NC2C(=O)NCC2(C)C)no1. The fourth-order valence-electron chi connectivity index (χ4n) is 1.99. The van der Waals surface area contributed by atoms with Crippen molar-refractivity contribution in [2.24, 2.45) is 5.41 Å². The van der Waals surface area contributed by atoms with Gasteiger partial charge >= 0.3 is 0 Å². The van der Waals surface area contributed by atoms with Crippen LogP contribution in [0.1, 0.15) is 25.3 Å². The van der Waals surface area contributed by atoms with Crippen LogP contribution in [0.25, 0.3) is 0 Å².